The van der Waals surface area contributed by atoms with Crippen LogP contribution in [0.4, 0.5) is 18.0 Å². The van der Waals surface area contributed by atoms with Gasteiger partial charge in [0.15, 0.2) is 5.69 Å². The van der Waals surface area contributed by atoms with Crippen molar-refractivity contribution in [2.24, 2.45) is 10.5 Å². The quantitative estimate of drug-likeness (QED) is 0.148. The van der Waals surface area contributed by atoms with Crippen molar-refractivity contribution in [1.29, 1.82) is 0 Å². The second kappa shape index (κ2) is 12.7. The van der Waals surface area contributed by atoms with Gasteiger partial charge in [0.25, 0.3) is 16.3 Å². The van der Waals surface area contributed by atoms with E-state index in [-0.39, 0.29) is 28.9 Å². The number of rotatable bonds is 10. The number of nitrogens with one attached hydrogen (secondary N) is 1. The fraction of sp³-hybridized carbons (Fsp3) is 0.346. The van der Waals surface area contributed by atoms with Crippen molar-refractivity contribution in [1.82, 2.24) is 19.5 Å². The molecule has 230 valence electrons. The number of aryl methyl sites for hydroxylation is 1. The van der Waals surface area contributed by atoms with Crippen molar-refractivity contribution in [2.75, 3.05) is 13.2 Å². The van der Waals surface area contributed by atoms with Crippen LogP contribution in [0.2, 0.25) is 0 Å². The molecule has 0 aliphatic carbocycles. The van der Waals surface area contributed by atoms with E-state index < -0.39 is 40.2 Å². The highest BCUT2D eigenvalue weighted by atomic mass is 32.2. The minimum atomic E-state index is -4.70. The van der Waals surface area contributed by atoms with Crippen LogP contribution < -0.4 is 4.72 Å². The summed E-state index contributed by atoms with van der Waals surface area (Å²) in [6.07, 6.45) is -6.31. The zero-order valence-electron chi connectivity index (χ0n) is 23.1. The lowest BCUT2D eigenvalue weighted by molar-refractivity contribution is -0.176. The van der Waals surface area contributed by atoms with E-state index in [2.05, 4.69) is 15.6 Å². The van der Waals surface area contributed by atoms with Crippen LogP contribution in [0.1, 0.15) is 31.5 Å². The molecule has 0 bridgehead atoms. The van der Waals surface area contributed by atoms with Gasteiger partial charge in [-0.2, -0.15) is 18.3 Å². The van der Waals surface area contributed by atoms with Crippen LogP contribution in [-0.2, 0) is 35.3 Å². The molecule has 13 nitrogen and oxygen atoms in total. The molecule has 1 fully saturated rings. The molecule has 4 rings (SSSR count). The summed E-state index contributed by atoms with van der Waals surface area (Å²) in [5, 5.41) is 12.4. The molecular weight excluding hydrogens is 597 g/mol. The summed E-state index contributed by atoms with van der Waals surface area (Å²) in [5.41, 5.74) is 0.599. The molecule has 0 spiro atoms. The molecule has 17 heteroatoms. The number of nitrogens with zero attached hydrogens (tertiary/aromatic N) is 5. The molecule has 2 heterocycles. The first kappa shape index (κ1) is 31.3. The summed E-state index contributed by atoms with van der Waals surface area (Å²) in [4.78, 5) is 27.6. The molecule has 3 aromatic rings. The second-order valence-electron chi connectivity index (χ2n) is 9.45. The number of halogens is 3. The Bertz CT molecular complexity index is 1590. The van der Waals surface area contributed by atoms with E-state index in [1.54, 1.807) is 29.0 Å². The van der Waals surface area contributed by atoms with Crippen molar-refractivity contribution in [3.8, 4) is 16.9 Å². The van der Waals surface area contributed by atoms with Gasteiger partial charge in [0.2, 0.25) is 0 Å². The van der Waals surface area contributed by atoms with Gasteiger partial charge in [0.05, 0.1) is 22.3 Å². The van der Waals surface area contributed by atoms with Crippen LogP contribution in [0.5, 0.6) is 0 Å². The molecule has 1 aliphatic rings. The monoisotopic (exact) mass is 624 g/mol. The van der Waals surface area contributed by atoms with Gasteiger partial charge in [0, 0.05) is 31.2 Å². The maximum Gasteiger partial charge on any atom is 0.435 e. The van der Waals surface area contributed by atoms with E-state index in [0.29, 0.717) is 18.5 Å². The Morgan fingerprint density at radius 3 is 2.40 bits per heavy atom. The van der Waals surface area contributed by atoms with E-state index in [1.807, 2.05) is 6.92 Å². The largest absolute Gasteiger partial charge is 0.447 e. The van der Waals surface area contributed by atoms with Gasteiger partial charge in [-0.1, -0.05) is 29.8 Å². The van der Waals surface area contributed by atoms with Crippen LogP contribution in [-0.4, -0.2) is 60.8 Å². The summed E-state index contributed by atoms with van der Waals surface area (Å²) in [7, 11) is -4.38. The van der Waals surface area contributed by atoms with Crippen LogP contribution in [0.25, 0.3) is 16.9 Å². The lowest BCUT2D eigenvalue weighted by atomic mass is 10.1. The van der Waals surface area contributed by atoms with E-state index >= 15 is 0 Å². The zero-order valence-corrected chi connectivity index (χ0v) is 23.9. The fourth-order valence-electron chi connectivity index (χ4n) is 3.89. The Balaban J connectivity index is 1.39. The van der Waals surface area contributed by atoms with Gasteiger partial charge in [-0.25, -0.2) is 22.6 Å². The molecule has 2 atom stereocenters. The van der Waals surface area contributed by atoms with Gasteiger partial charge in [-0.05, 0) is 48.9 Å². The summed E-state index contributed by atoms with van der Waals surface area (Å²) >= 11 is 0. The number of benzene rings is 2. The normalized spacial score (nSPS) is 16.0. The minimum Gasteiger partial charge on any atom is -0.447 e. The highest BCUT2D eigenvalue weighted by Crippen LogP contribution is 2.33. The van der Waals surface area contributed by atoms with Gasteiger partial charge >= 0.3 is 18.2 Å². The predicted molar refractivity (Wildman–Crippen MR) is 143 cm³/mol. The number of carbonyl (C=O) groups is 2. The third kappa shape index (κ3) is 8.00. The lowest BCUT2D eigenvalue weighted by Crippen LogP contribution is -2.47. The van der Waals surface area contributed by atoms with E-state index in [1.165, 1.54) is 31.0 Å². The standard InChI is InChI=1S/C26H27F3N6O7S/c1-16-4-6-19(7-5-16)23-14-24(26(27,28)29)30-35(23)20-8-10-22(11-9-20)43(38,39)31-25(37)40-15-21-12-13-34(21)32-33-42-18(3)41-17(2)36/h4-11,14,18,21H,12-13,15H2,1-3H3,(H,31,37)/b33-32-/t18?,21-/m0/s1. The molecule has 1 aromatic heterocycles. The molecular formula is C26H27F3N6O7S. The average molecular weight is 625 g/mol. The Morgan fingerprint density at radius 1 is 1.14 bits per heavy atom. The first-order valence-electron chi connectivity index (χ1n) is 12.8. The highest BCUT2D eigenvalue weighted by Gasteiger charge is 2.35. The Labute approximate surface area is 244 Å². The molecule has 1 aliphatic heterocycles. The predicted octanol–water partition coefficient (Wildman–Crippen LogP) is 4.56. The summed E-state index contributed by atoms with van der Waals surface area (Å²) in [6.45, 7) is 4.76. The number of alkyl halides is 3. The highest BCUT2D eigenvalue weighted by molar-refractivity contribution is 7.90. The number of amides is 1. The lowest BCUT2D eigenvalue weighted by Gasteiger charge is -2.36. The van der Waals surface area contributed by atoms with Gasteiger partial charge in [-0.15, -0.1) is 0 Å². The van der Waals surface area contributed by atoms with E-state index in [9.17, 15) is 31.2 Å². The van der Waals surface area contributed by atoms with Gasteiger partial charge < -0.3 is 14.3 Å². The smallest absolute Gasteiger partial charge is 0.435 e. The maximum atomic E-state index is 13.5. The topological polar surface area (TPSA) is 154 Å². The summed E-state index contributed by atoms with van der Waals surface area (Å²) in [6, 6.07) is 12.1. The van der Waals surface area contributed by atoms with Crippen LogP contribution in [0.3, 0.4) is 0 Å². The molecule has 1 unspecified atom stereocenters. The third-order valence-electron chi connectivity index (χ3n) is 6.16. The number of sulfonamides is 1. The van der Waals surface area contributed by atoms with E-state index in [0.717, 1.165) is 28.4 Å². The summed E-state index contributed by atoms with van der Waals surface area (Å²) in [5.74, 6) is -0.556. The number of carbonyl (C=O) groups excluding carboxylic acids is 2. The number of aromatic nitrogens is 2. The number of esters is 1. The molecule has 1 saturated heterocycles. The van der Waals surface area contributed by atoms with Crippen LogP contribution >= 0.6 is 0 Å². The number of hydrogen-bond acceptors (Lipinski definition) is 10. The Morgan fingerprint density at radius 2 is 1.81 bits per heavy atom. The zero-order chi connectivity index (χ0) is 31.4. The fourth-order valence-corrected chi connectivity index (χ4v) is 4.78. The van der Waals surface area contributed by atoms with Gasteiger partial charge in [0.1, 0.15) is 6.61 Å². The third-order valence-corrected chi connectivity index (χ3v) is 7.48. The van der Waals surface area contributed by atoms with Gasteiger partial charge in [-0.3, -0.25) is 9.80 Å². The maximum absolute atomic E-state index is 13.5. The number of ether oxygens (including phenoxy) is 2. The van der Waals surface area contributed by atoms with Crippen LogP contribution in [0.15, 0.2) is 70.0 Å². The molecule has 1 amide bonds. The first-order valence-corrected chi connectivity index (χ1v) is 14.3. The molecule has 2 aromatic carbocycles. The van der Waals surface area contributed by atoms with E-state index in [4.69, 9.17) is 14.3 Å². The first-order chi connectivity index (χ1) is 20.2. The molecule has 43 heavy (non-hydrogen) atoms. The Kier molecular flexibility index (Phi) is 9.22. The minimum absolute atomic E-state index is 0.152. The van der Waals surface area contributed by atoms with Crippen molar-refractivity contribution in [3.63, 3.8) is 0 Å². The number of hydrogen-bond donors (Lipinski definition) is 1. The molecule has 0 radical (unpaired) electrons. The SMILES string of the molecule is CC(=O)OC(C)O/N=N\N1CC[C@H]1COC(=O)NS(=O)(=O)c1ccc(-n2nc(C(F)(F)F)cc2-c2ccc(C)cc2)cc1. The Hall–Kier alpha value is -4.67. The molecule has 1 N–H and O–H groups in total. The van der Waals surface area contributed by atoms with Crippen molar-refractivity contribution in [3.05, 3.63) is 65.9 Å². The summed E-state index contributed by atoms with van der Waals surface area (Å²) < 4.78 is 78.5. The second-order valence-corrected chi connectivity index (χ2v) is 11.1. The van der Waals surface area contributed by atoms with Crippen molar-refractivity contribution < 1.29 is 45.5 Å². The van der Waals surface area contributed by atoms with Crippen molar-refractivity contribution >= 4 is 22.1 Å². The van der Waals surface area contributed by atoms with Crippen molar-refractivity contribution in [2.45, 2.75) is 50.6 Å². The average Bonchev–Trinajstić information content (AvgIpc) is 3.37. The van der Waals surface area contributed by atoms with Crippen LogP contribution in [0, 0.1) is 6.92 Å². The molecule has 0 saturated carbocycles.